The lowest BCUT2D eigenvalue weighted by Gasteiger charge is -2.43. The zero-order valence-electron chi connectivity index (χ0n) is 16.4. The number of halogens is 21. The van der Waals surface area contributed by atoms with Crippen LogP contribution in [-0.4, -0.2) is 79.6 Å². The van der Waals surface area contributed by atoms with Crippen molar-refractivity contribution in [1.29, 1.82) is 0 Å². The zero-order valence-corrected chi connectivity index (χ0v) is 17.2. The summed E-state index contributed by atoms with van der Waals surface area (Å²) in [4.78, 5) is 0. The Labute approximate surface area is 191 Å². The highest BCUT2D eigenvalue weighted by atomic mass is 32.2. The van der Waals surface area contributed by atoms with Gasteiger partial charge < -0.3 is 9.66 Å². The fourth-order valence-electron chi connectivity index (χ4n) is 1.98. The standard InChI is InChI=1S/C12H6F21NO2S/c1-2-34(12(33,35)10(28,29)30)37(36)11(31,32)8(23,24)6(19,20)4(15,16)3(13,14)5(17,18)7(21,22)9(25,26)27/h35H,2H2,1H3. The molecule has 0 aromatic carbocycles. The monoisotopic (exact) mass is 627 g/mol. The van der Waals surface area contributed by atoms with Crippen LogP contribution in [0.15, 0.2) is 0 Å². The van der Waals surface area contributed by atoms with Gasteiger partial charge in [0.2, 0.25) is 0 Å². The molecule has 1 N–H and O–H groups in total. The van der Waals surface area contributed by atoms with Gasteiger partial charge in [0.1, 0.15) is 11.4 Å². The molecule has 25 heteroatoms. The first-order chi connectivity index (χ1) is 15.6. The maximum Gasteiger partial charge on any atom is 0.497 e. The van der Waals surface area contributed by atoms with Gasteiger partial charge in [0, 0.05) is 6.54 Å². The van der Waals surface area contributed by atoms with Crippen molar-refractivity contribution < 1.29 is 102 Å². The van der Waals surface area contributed by atoms with E-state index in [1.54, 1.807) is 0 Å². The number of aliphatic hydroxyl groups is 1. The third-order valence-corrected chi connectivity index (χ3v) is 5.69. The topological polar surface area (TPSA) is 46.5 Å². The van der Waals surface area contributed by atoms with Gasteiger partial charge in [-0.3, -0.25) is 0 Å². The van der Waals surface area contributed by atoms with E-state index in [1.165, 1.54) is 0 Å². The van der Waals surface area contributed by atoms with Crippen LogP contribution in [-0.2, 0) is 11.4 Å². The molecule has 0 aromatic rings. The van der Waals surface area contributed by atoms with E-state index in [1.807, 2.05) is 0 Å². The van der Waals surface area contributed by atoms with Gasteiger partial charge in [-0.1, -0.05) is 4.31 Å². The second-order valence-electron chi connectivity index (χ2n) is 6.49. The first-order valence-corrected chi connectivity index (χ1v) is 9.10. The van der Waals surface area contributed by atoms with Crippen molar-refractivity contribution in [3.8, 4) is 0 Å². The van der Waals surface area contributed by atoms with E-state index >= 15 is 0 Å². The average Bonchev–Trinajstić information content (AvgIpc) is 2.65. The van der Waals surface area contributed by atoms with Gasteiger partial charge in [-0.2, -0.15) is 83.4 Å². The van der Waals surface area contributed by atoms with Gasteiger partial charge in [-0.25, -0.2) is 0 Å². The summed E-state index contributed by atoms with van der Waals surface area (Å²) in [6, 6.07) is 0. The SMILES string of the molecule is CCN([S+]([O-])C(F)(F)C(F)(F)C(F)(F)C(F)(F)C(F)(F)C(F)(F)C(F)(F)C(F)(F)F)C(O)(F)C(F)(F)F. The van der Waals surface area contributed by atoms with E-state index in [0.717, 1.165) is 0 Å². The predicted molar refractivity (Wildman–Crippen MR) is 73.3 cm³/mol. The summed E-state index contributed by atoms with van der Waals surface area (Å²) in [7, 11) is 0. The predicted octanol–water partition coefficient (Wildman–Crippen LogP) is 6.12. The van der Waals surface area contributed by atoms with E-state index in [0.29, 0.717) is 0 Å². The van der Waals surface area contributed by atoms with Gasteiger partial charge in [0.05, 0.1) is 0 Å². The molecule has 37 heavy (non-hydrogen) atoms. The molecule has 0 aliphatic carbocycles. The van der Waals surface area contributed by atoms with Gasteiger partial charge in [-0.05, 0) is 6.92 Å². The Kier molecular flexibility index (Phi) is 8.85. The number of hydrogen-bond acceptors (Lipinski definition) is 3. The minimum Gasteiger partial charge on any atom is -0.593 e. The summed E-state index contributed by atoms with van der Waals surface area (Å²) in [5.74, 6) is -59.4. The van der Waals surface area contributed by atoms with Crippen LogP contribution in [0.4, 0.5) is 92.2 Å². The first-order valence-electron chi connectivity index (χ1n) is 7.99. The van der Waals surface area contributed by atoms with Gasteiger partial charge in [0.15, 0.2) is 0 Å². The Balaban J connectivity index is 7.00. The fraction of sp³-hybridized carbons (Fsp3) is 1.00. The van der Waals surface area contributed by atoms with Crippen molar-refractivity contribution in [3.05, 3.63) is 0 Å². The quantitative estimate of drug-likeness (QED) is 0.138. The molecule has 0 amide bonds. The third-order valence-electron chi connectivity index (χ3n) is 4.09. The molecule has 0 fully saturated rings. The minimum atomic E-state index is -9.08. The molecule has 0 radical (unpaired) electrons. The molecule has 0 spiro atoms. The Morgan fingerprint density at radius 3 is 1.03 bits per heavy atom. The summed E-state index contributed by atoms with van der Waals surface area (Å²) < 4.78 is 283. The molecule has 0 rings (SSSR count). The fourth-order valence-corrected chi connectivity index (χ4v) is 3.16. The second kappa shape index (κ2) is 9.16. The van der Waals surface area contributed by atoms with Crippen LogP contribution < -0.4 is 0 Å². The summed E-state index contributed by atoms with van der Waals surface area (Å²) in [6.45, 7) is -2.39. The van der Waals surface area contributed by atoms with Crippen LogP contribution in [0.5, 0.6) is 0 Å². The molecule has 2 unspecified atom stereocenters. The van der Waals surface area contributed by atoms with Crippen LogP contribution >= 0.6 is 0 Å². The van der Waals surface area contributed by atoms with Crippen LogP contribution in [0.25, 0.3) is 0 Å². The van der Waals surface area contributed by atoms with E-state index in [4.69, 9.17) is 5.11 Å². The van der Waals surface area contributed by atoms with Crippen LogP contribution in [0.2, 0.25) is 0 Å². The van der Waals surface area contributed by atoms with E-state index in [-0.39, 0.29) is 6.92 Å². The van der Waals surface area contributed by atoms with Crippen molar-refractivity contribution >= 4 is 11.4 Å². The van der Waals surface area contributed by atoms with Crippen molar-refractivity contribution in [2.24, 2.45) is 0 Å². The summed E-state index contributed by atoms with van der Waals surface area (Å²) in [5.41, 5.74) is 0. The van der Waals surface area contributed by atoms with Gasteiger partial charge >= 0.3 is 59.1 Å². The highest BCUT2D eigenvalue weighted by molar-refractivity contribution is 7.90. The smallest absolute Gasteiger partial charge is 0.497 e. The van der Waals surface area contributed by atoms with Gasteiger partial charge in [-0.15, -0.1) is 8.78 Å². The Hall–Kier alpha value is -1.24. The van der Waals surface area contributed by atoms with Crippen LogP contribution in [0.3, 0.4) is 0 Å². The highest BCUT2D eigenvalue weighted by Gasteiger charge is 2.97. The first kappa shape index (κ1) is 35.8. The maximum absolute atomic E-state index is 13.8. The van der Waals surface area contributed by atoms with E-state index in [2.05, 4.69) is 0 Å². The third kappa shape index (κ3) is 4.74. The van der Waals surface area contributed by atoms with Crippen molar-refractivity contribution in [3.63, 3.8) is 0 Å². The normalized spacial score (nSPS) is 18.7. The van der Waals surface area contributed by atoms with Crippen LogP contribution in [0, 0.1) is 0 Å². The molecule has 2 atom stereocenters. The van der Waals surface area contributed by atoms with E-state index < -0.39 is 81.3 Å². The molecule has 0 aliphatic rings. The zero-order chi connectivity index (χ0) is 30.9. The number of hydrogen-bond donors (Lipinski definition) is 1. The molecule has 0 aromatic heterocycles. The number of nitrogens with zero attached hydrogens (tertiary/aromatic N) is 1. The summed E-state index contributed by atoms with van der Waals surface area (Å²) in [5, 5.41) is 0.589. The summed E-state index contributed by atoms with van der Waals surface area (Å²) >= 11 is -6.18. The maximum atomic E-state index is 13.8. The average molecular weight is 627 g/mol. The summed E-state index contributed by atoms with van der Waals surface area (Å²) in [6.07, 6.45) is -14.9. The molecule has 0 heterocycles. The van der Waals surface area contributed by atoms with Crippen molar-refractivity contribution in [1.82, 2.24) is 4.31 Å². The Morgan fingerprint density at radius 1 is 0.514 bits per heavy atom. The molecular weight excluding hydrogens is 621 g/mol. The lowest BCUT2D eigenvalue weighted by atomic mass is 9.91. The molecule has 224 valence electrons. The molecule has 0 bridgehead atoms. The molecule has 0 saturated carbocycles. The highest BCUT2D eigenvalue weighted by Crippen LogP contribution is 2.64. The second-order valence-corrected chi connectivity index (χ2v) is 7.94. The number of alkyl halides is 21. The minimum absolute atomic E-state index is 0.0664. The Bertz CT molecular complexity index is 817. The van der Waals surface area contributed by atoms with Gasteiger partial charge in [0.25, 0.3) is 0 Å². The van der Waals surface area contributed by atoms with E-state index in [9.17, 15) is 96.8 Å². The molecule has 3 nitrogen and oxygen atoms in total. The van der Waals surface area contributed by atoms with Crippen molar-refractivity contribution in [2.45, 2.75) is 66.0 Å². The molecule has 0 saturated heterocycles. The largest absolute Gasteiger partial charge is 0.593 e. The van der Waals surface area contributed by atoms with Crippen LogP contribution in [0.1, 0.15) is 6.92 Å². The molecular formula is C12H6F21NO2S. The van der Waals surface area contributed by atoms with Crippen molar-refractivity contribution in [2.75, 3.05) is 6.54 Å². The number of rotatable bonds is 10. The Morgan fingerprint density at radius 2 is 0.784 bits per heavy atom. The molecule has 0 aliphatic heterocycles. The lowest BCUT2D eigenvalue weighted by molar-refractivity contribution is -0.458. The lowest BCUT2D eigenvalue weighted by Crippen LogP contribution is -2.75.